The topological polar surface area (TPSA) is 39.1 Å². The molecule has 15 heavy (non-hydrogen) atoms. The lowest BCUT2D eigenvalue weighted by Gasteiger charge is -2.23. The molecule has 1 aromatic heterocycles. The minimum atomic E-state index is 0.405. The molecule has 0 saturated carbocycles. The second-order valence-electron chi connectivity index (χ2n) is 4.01. The van der Waals surface area contributed by atoms with Crippen LogP contribution in [-0.2, 0) is 11.3 Å². The molecule has 0 spiro atoms. The smallest absolute Gasteiger partial charge is 0.105 e. The van der Waals surface area contributed by atoms with E-state index in [0.717, 1.165) is 32.1 Å². The van der Waals surface area contributed by atoms with Gasteiger partial charge in [0.2, 0.25) is 0 Å². The quantitative estimate of drug-likeness (QED) is 0.803. The molecule has 0 radical (unpaired) electrons. The predicted octanol–water partition coefficient (Wildman–Crippen LogP) is 0.960. The Bertz CT molecular complexity index is 292. The van der Waals surface area contributed by atoms with Crippen molar-refractivity contribution in [2.75, 3.05) is 19.7 Å². The fraction of sp³-hybridized carbons (Fsp3) is 0.727. The molecular formula is C11H19N3O. The monoisotopic (exact) mass is 209 g/mol. The zero-order chi connectivity index (χ0) is 10.5. The van der Waals surface area contributed by atoms with Gasteiger partial charge in [-0.1, -0.05) is 0 Å². The molecule has 1 fully saturated rings. The summed E-state index contributed by atoms with van der Waals surface area (Å²) < 4.78 is 7.92. The van der Waals surface area contributed by atoms with Crippen LogP contribution < -0.4 is 5.32 Å². The van der Waals surface area contributed by atoms with Crippen LogP contribution in [0.3, 0.4) is 0 Å². The van der Waals surface area contributed by atoms with Crippen LogP contribution in [0.5, 0.6) is 0 Å². The second-order valence-corrected chi connectivity index (χ2v) is 4.01. The number of piperidine rings is 1. The molecule has 1 atom stereocenters. The van der Waals surface area contributed by atoms with Crippen molar-refractivity contribution in [3.8, 4) is 0 Å². The number of nitrogens with one attached hydrogen (secondary N) is 1. The van der Waals surface area contributed by atoms with E-state index in [-0.39, 0.29) is 0 Å². The van der Waals surface area contributed by atoms with Crippen molar-refractivity contribution in [3.05, 3.63) is 18.2 Å². The average molecular weight is 209 g/mol. The SMILES string of the molecule is Cc1nccn1CCOC1CCCNC1. The zero-order valence-electron chi connectivity index (χ0n) is 9.28. The van der Waals surface area contributed by atoms with Gasteiger partial charge < -0.3 is 14.6 Å². The number of rotatable bonds is 4. The van der Waals surface area contributed by atoms with Crippen LogP contribution in [0.4, 0.5) is 0 Å². The minimum absolute atomic E-state index is 0.405. The van der Waals surface area contributed by atoms with E-state index in [1.54, 1.807) is 0 Å². The number of ether oxygens (including phenoxy) is 1. The number of nitrogens with zero attached hydrogens (tertiary/aromatic N) is 2. The summed E-state index contributed by atoms with van der Waals surface area (Å²) in [5, 5.41) is 3.35. The normalized spacial score (nSPS) is 21.8. The van der Waals surface area contributed by atoms with Gasteiger partial charge in [0.25, 0.3) is 0 Å². The fourth-order valence-corrected chi connectivity index (χ4v) is 1.92. The van der Waals surface area contributed by atoms with Gasteiger partial charge in [-0.15, -0.1) is 0 Å². The van der Waals surface area contributed by atoms with Crippen LogP contribution in [0.2, 0.25) is 0 Å². The summed E-state index contributed by atoms with van der Waals surface area (Å²) in [5.41, 5.74) is 0. The second kappa shape index (κ2) is 5.28. The van der Waals surface area contributed by atoms with Crippen LogP contribution in [0.15, 0.2) is 12.4 Å². The van der Waals surface area contributed by atoms with E-state index in [2.05, 4.69) is 14.9 Å². The first-order valence-corrected chi connectivity index (χ1v) is 5.66. The van der Waals surface area contributed by atoms with Crippen LogP contribution in [-0.4, -0.2) is 35.4 Å². The highest BCUT2D eigenvalue weighted by Crippen LogP contribution is 2.06. The molecule has 0 aliphatic carbocycles. The zero-order valence-corrected chi connectivity index (χ0v) is 9.28. The number of aromatic nitrogens is 2. The maximum Gasteiger partial charge on any atom is 0.105 e. The molecule has 2 rings (SSSR count). The molecule has 0 amide bonds. The van der Waals surface area contributed by atoms with Crippen LogP contribution in [0.1, 0.15) is 18.7 Å². The largest absolute Gasteiger partial charge is 0.375 e. The van der Waals surface area contributed by atoms with Crippen molar-refractivity contribution in [1.82, 2.24) is 14.9 Å². The van der Waals surface area contributed by atoms with Crippen molar-refractivity contribution < 1.29 is 4.74 Å². The van der Waals surface area contributed by atoms with E-state index in [0.29, 0.717) is 6.10 Å². The molecule has 0 bridgehead atoms. The number of hydrogen-bond acceptors (Lipinski definition) is 3. The lowest BCUT2D eigenvalue weighted by Crippen LogP contribution is -2.35. The number of imidazole rings is 1. The summed E-state index contributed by atoms with van der Waals surface area (Å²) in [5.74, 6) is 1.06. The van der Waals surface area contributed by atoms with Gasteiger partial charge in [0.1, 0.15) is 5.82 Å². The Labute approximate surface area is 90.6 Å². The van der Waals surface area contributed by atoms with E-state index in [9.17, 15) is 0 Å². The fourth-order valence-electron chi connectivity index (χ4n) is 1.92. The van der Waals surface area contributed by atoms with Gasteiger partial charge in [0.15, 0.2) is 0 Å². The standard InChI is InChI=1S/C11H19N3O/c1-10-13-5-6-14(10)7-8-15-11-3-2-4-12-9-11/h5-6,11-12H,2-4,7-9H2,1H3. The highest BCUT2D eigenvalue weighted by molar-refractivity contribution is 4.88. The van der Waals surface area contributed by atoms with E-state index in [1.807, 2.05) is 19.3 Å². The van der Waals surface area contributed by atoms with Crippen LogP contribution in [0.25, 0.3) is 0 Å². The molecule has 1 aliphatic rings. The van der Waals surface area contributed by atoms with Crippen molar-refractivity contribution in [2.24, 2.45) is 0 Å². The van der Waals surface area contributed by atoms with Crippen LogP contribution in [0, 0.1) is 6.92 Å². The summed E-state index contributed by atoms with van der Waals surface area (Å²) in [6.45, 7) is 5.84. The summed E-state index contributed by atoms with van der Waals surface area (Å²) in [7, 11) is 0. The molecule has 1 N–H and O–H groups in total. The molecule has 1 aliphatic heterocycles. The Morgan fingerprint density at radius 3 is 3.27 bits per heavy atom. The van der Waals surface area contributed by atoms with E-state index in [4.69, 9.17) is 4.74 Å². The van der Waals surface area contributed by atoms with Crippen molar-refractivity contribution in [1.29, 1.82) is 0 Å². The lowest BCUT2D eigenvalue weighted by molar-refractivity contribution is 0.0322. The summed E-state index contributed by atoms with van der Waals surface area (Å²) in [6, 6.07) is 0. The summed E-state index contributed by atoms with van der Waals surface area (Å²) in [6.07, 6.45) is 6.66. The Morgan fingerprint density at radius 1 is 1.67 bits per heavy atom. The van der Waals surface area contributed by atoms with Gasteiger partial charge >= 0.3 is 0 Å². The Balaban J connectivity index is 1.68. The minimum Gasteiger partial charge on any atom is -0.375 e. The van der Waals surface area contributed by atoms with Crippen molar-refractivity contribution >= 4 is 0 Å². The summed E-state index contributed by atoms with van der Waals surface area (Å²) in [4.78, 5) is 4.18. The Hall–Kier alpha value is -0.870. The number of aryl methyl sites for hydroxylation is 1. The van der Waals surface area contributed by atoms with Crippen molar-refractivity contribution in [2.45, 2.75) is 32.4 Å². The first-order chi connectivity index (χ1) is 7.36. The van der Waals surface area contributed by atoms with Crippen LogP contribution >= 0.6 is 0 Å². The van der Waals surface area contributed by atoms with E-state index in [1.165, 1.54) is 12.8 Å². The maximum absolute atomic E-state index is 5.80. The third-order valence-electron chi connectivity index (χ3n) is 2.86. The lowest BCUT2D eigenvalue weighted by atomic mass is 10.1. The molecule has 4 heteroatoms. The van der Waals surface area contributed by atoms with Gasteiger partial charge in [0, 0.05) is 25.5 Å². The maximum atomic E-state index is 5.80. The van der Waals surface area contributed by atoms with Gasteiger partial charge in [-0.05, 0) is 26.3 Å². The third-order valence-corrected chi connectivity index (χ3v) is 2.86. The van der Waals surface area contributed by atoms with Gasteiger partial charge in [-0.2, -0.15) is 0 Å². The van der Waals surface area contributed by atoms with Gasteiger partial charge in [-0.3, -0.25) is 0 Å². The summed E-state index contributed by atoms with van der Waals surface area (Å²) >= 11 is 0. The third kappa shape index (κ3) is 3.04. The molecule has 1 unspecified atom stereocenters. The molecule has 1 aromatic rings. The molecular weight excluding hydrogens is 190 g/mol. The molecule has 0 aromatic carbocycles. The van der Waals surface area contributed by atoms with Gasteiger partial charge in [0.05, 0.1) is 12.7 Å². The molecule has 84 valence electrons. The highest BCUT2D eigenvalue weighted by Gasteiger charge is 2.12. The predicted molar refractivity (Wildman–Crippen MR) is 58.8 cm³/mol. The highest BCUT2D eigenvalue weighted by atomic mass is 16.5. The molecule has 2 heterocycles. The number of hydrogen-bond donors (Lipinski definition) is 1. The first-order valence-electron chi connectivity index (χ1n) is 5.66. The van der Waals surface area contributed by atoms with Crippen molar-refractivity contribution in [3.63, 3.8) is 0 Å². The molecule has 4 nitrogen and oxygen atoms in total. The molecule has 1 saturated heterocycles. The van der Waals surface area contributed by atoms with Gasteiger partial charge in [-0.25, -0.2) is 4.98 Å². The Morgan fingerprint density at radius 2 is 2.60 bits per heavy atom. The van der Waals surface area contributed by atoms with E-state index < -0.39 is 0 Å². The average Bonchev–Trinajstić information content (AvgIpc) is 2.66. The van der Waals surface area contributed by atoms with E-state index >= 15 is 0 Å². The first kappa shape index (κ1) is 10.6. The Kier molecular flexibility index (Phi) is 3.75.